The zero-order chi connectivity index (χ0) is 38.0. The van der Waals surface area contributed by atoms with Gasteiger partial charge in [-0.15, -0.1) is 6.58 Å². The van der Waals surface area contributed by atoms with Gasteiger partial charge in [-0.3, -0.25) is 24.0 Å². The Hall–Kier alpha value is -4.22. The van der Waals surface area contributed by atoms with Gasteiger partial charge in [0.1, 0.15) is 23.9 Å². The molecule has 4 fully saturated rings. The summed E-state index contributed by atoms with van der Waals surface area (Å²) in [6.45, 7) is 15.7. The van der Waals surface area contributed by atoms with Crippen LogP contribution in [0.3, 0.4) is 0 Å². The van der Waals surface area contributed by atoms with Gasteiger partial charge in [0.2, 0.25) is 23.5 Å². The molecular formula is C40H57N5O7. The number of ketones is 1. The number of carbonyl (C=O) groups excluding carboxylic acids is 6. The number of rotatable bonds is 14. The number of ether oxygens (including phenoxy) is 1. The number of piperidine rings is 1. The van der Waals surface area contributed by atoms with Gasteiger partial charge in [0.15, 0.2) is 0 Å². The van der Waals surface area contributed by atoms with Crippen molar-refractivity contribution in [3.05, 3.63) is 43.0 Å². The summed E-state index contributed by atoms with van der Waals surface area (Å²) in [5, 5.41) is 11.2. The van der Waals surface area contributed by atoms with E-state index in [1.807, 2.05) is 33.8 Å². The van der Waals surface area contributed by atoms with Gasteiger partial charge in [-0.2, -0.15) is 0 Å². The van der Waals surface area contributed by atoms with E-state index in [9.17, 15) is 28.8 Å². The van der Waals surface area contributed by atoms with Crippen LogP contribution in [0.25, 0.3) is 0 Å². The van der Waals surface area contributed by atoms with Crippen LogP contribution in [0, 0.1) is 34.0 Å². The number of amides is 5. The normalized spacial score (nSPS) is 24.6. The zero-order valence-corrected chi connectivity index (χ0v) is 31.6. The monoisotopic (exact) mass is 719 g/mol. The summed E-state index contributed by atoms with van der Waals surface area (Å²) in [4.78, 5) is 83.8. The summed E-state index contributed by atoms with van der Waals surface area (Å²) in [5.41, 5.74) is -1.56. The summed E-state index contributed by atoms with van der Waals surface area (Å²) in [6.07, 6.45) is 7.18. The highest BCUT2D eigenvalue weighted by molar-refractivity contribution is 6.38. The van der Waals surface area contributed by atoms with Crippen molar-refractivity contribution in [2.75, 3.05) is 13.1 Å². The molecule has 0 spiro atoms. The summed E-state index contributed by atoms with van der Waals surface area (Å²) in [6, 6.07) is 4.70. The van der Waals surface area contributed by atoms with E-state index in [0.29, 0.717) is 31.6 Å². The van der Waals surface area contributed by atoms with Gasteiger partial charge in [0, 0.05) is 13.1 Å². The number of hydrogen-bond acceptors (Lipinski definition) is 7. The van der Waals surface area contributed by atoms with Crippen molar-refractivity contribution in [2.24, 2.45) is 34.0 Å². The van der Waals surface area contributed by atoms with E-state index in [2.05, 4.69) is 41.7 Å². The van der Waals surface area contributed by atoms with Crippen molar-refractivity contribution < 1.29 is 33.5 Å². The lowest BCUT2D eigenvalue weighted by Crippen LogP contribution is -2.64. The summed E-state index contributed by atoms with van der Waals surface area (Å²) in [5.74, 6) is -2.38. The maximum absolute atomic E-state index is 14.7. The third kappa shape index (κ3) is 8.69. The second-order valence-corrected chi connectivity index (χ2v) is 17.3. The van der Waals surface area contributed by atoms with E-state index in [-0.39, 0.29) is 29.7 Å². The van der Waals surface area contributed by atoms with E-state index in [4.69, 9.17) is 4.74 Å². The Balaban J connectivity index is 1.37. The molecule has 3 aliphatic carbocycles. The Labute approximate surface area is 307 Å². The van der Waals surface area contributed by atoms with Gasteiger partial charge in [0.25, 0.3) is 5.91 Å². The molecule has 5 amide bonds. The fraction of sp³-hybridized carbons (Fsp3) is 0.650. The molecule has 6 atom stereocenters. The summed E-state index contributed by atoms with van der Waals surface area (Å²) < 4.78 is 5.52. The zero-order valence-electron chi connectivity index (χ0n) is 31.6. The molecule has 12 nitrogen and oxygen atoms in total. The molecule has 1 saturated heterocycles. The molecule has 0 bridgehead atoms. The highest BCUT2D eigenvalue weighted by atomic mass is 16.6. The van der Waals surface area contributed by atoms with Gasteiger partial charge in [-0.1, -0.05) is 97.9 Å². The lowest BCUT2D eigenvalue weighted by molar-refractivity contribution is -0.147. The van der Waals surface area contributed by atoms with Crippen LogP contribution in [0.4, 0.5) is 4.79 Å². The molecule has 4 N–H and O–H groups in total. The second-order valence-electron chi connectivity index (χ2n) is 17.3. The lowest BCUT2D eigenvalue weighted by atomic mass is 9.70. The quantitative estimate of drug-likeness (QED) is 0.165. The summed E-state index contributed by atoms with van der Waals surface area (Å²) in [7, 11) is 0. The highest BCUT2D eigenvalue weighted by Gasteiger charge is 2.70. The molecule has 1 aromatic rings. The van der Waals surface area contributed by atoms with Gasteiger partial charge >= 0.3 is 6.09 Å². The van der Waals surface area contributed by atoms with Crippen LogP contribution < -0.4 is 26.0 Å². The molecule has 1 aliphatic heterocycles. The van der Waals surface area contributed by atoms with Crippen molar-refractivity contribution >= 4 is 35.5 Å². The minimum absolute atomic E-state index is 0.0558. The molecule has 3 unspecified atom stereocenters. The van der Waals surface area contributed by atoms with E-state index in [0.717, 1.165) is 32.1 Å². The van der Waals surface area contributed by atoms with Crippen molar-refractivity contribution in [1.82, 2.24) is 26.2 Å². The van der Waals surface area contributed by atoms with Crippen LogP contribution >= 0.6 is 0 Å². The number of Topliss-reactive ketones (excluding diaryl/α,β-unsaturated/α-hetero) is 1. The first-order chi connectivity index (χ1) is 24.5. The molecule has 5 rings (SSSR count). The van der Waals surface area contributed by atoms with Crippen molar-refractivity contribution in [3.8, 4) is 5.75 Å². The Kier molecular flexibility index (Phi) is 11.6. The number of fused-ring (bicyclic) bond motifs is 1. The van der Waals surface area contributed by atoms with E-state index < -0.39 is 70.5 Å². The van der Waals surface area contributed by atoms with Crippen LogP contribution in [0.5, 0.6) is 5.75 Å². The molecule has 1 heterocycles. The average molecular weight is 720 g/mol. The van der Waals surface area contributed by atoms with Crippen LogP contribution in [0.2, 0.25) is 0 Å². The SMILES string of the molecule is C=CCNC(=O)C(=O)C(CC1CC1)NC(=O)[C@@H]1C2C(CN1C(=O)[C@@H](NC(=O)[C@@H](NC(=O)Oc1ccccc1)C1(C)CCCCC1)C(C)(C)C)C2(C)C. The molecule has 4 aliphatic rings. The van der Waals surface area contributed by atoms with Crippen molar-refractivity contribution in [3.63, 3.8) is 0 Å². The molecular weight excluding hydrogens is 662 g/mol. The number of nitrogens with one attached hydrogen (secondary N) is 4. The fourth-order valence-electron chi connectivity index (χ4n) is 8.39. The Morgan fingerprint density at radius 1 is 0.962 bits per heavy atom. The van der Waals surface area contributed by atoms with Crippen molar-refractivity contribution in [1.29, 1.82) is 0 Å². The Morgan fingerprint density at radius 3 is 2.21 bits per heavy atom. The van der Waals surface area contributed by atoms with Crippen LogP contribution in [-0.2, 0) is 24.0 Å². The lowest BCUT2D eigenvalue weighted by Gasteiger charge is -2.42. The number of benzene rings is 1. The summed E-state index contributed by atoms with van der Waals surface area (Å²) >= 11 is 0. The standard InChI is InChI=1S/C40H57N5O7/c1-8-21-41-34(48)30(46)27(22-24-17-18-24)42-33(47)29-28-26(39(28,5)6)23-45(29)36(50)32(38(2,3)4)43-35(49)31(40(7)19-13-10-14-20-40)44-37(51)52-25-15-11-9-12-16-25/h8-9,11-12,15-16,24,26-29,31-32H,1,10,13-14,17-23H2,2-7H3,(H,41,48)(H,42,47)(H,43,49)(H,44,51)/t26?,27?,28?,29-,31+,32+/m0/s1. The number of hydrogen-bond donors (Lipinski definition) is 4. The van der Waals surface area contributed by atoms with E-state index in [1.54, 1.807) is 29.2 Å². The molecule has 52 heavy (non-hydrogen) atoms. The predicted molar refractivity (Wildman–Crippen MR) is 196 cm³/mol. The molecule has 0 aromatic heterocycles. The number of likely N-dealkylation sites (tertiary alicyclic amines) is 1. The minimum Gasteiger partial charge on any atom is -0.410 e. The number of para-hydroxylation sites is 1. The molecule has 284 valence electrons. The first-order valence-corrected chi connectivity index (χ1v) is 18.9. The Bertz CT molecular complexity index is 1540. The average Bonchev–Trinajstić information content (AvgIpc) is 3.95. The minimum atomic E-state index is -1.04. The molecule has 1 aromatic carbocycles. The number of nitrogens with zero attached hydrogens (tertiary/aromatic N) is 1. The van der Waals surface area contributed by atoms with Crippen LogP contribution in [0.15, 0.2) is 43.0 Å². The molecule has 3 saturated carbocycles. The predicted octanol–water partition coefficient (Wildman–Crippen LogP) is 4.28. The molecule has 0 radical (unpaired) electrons. The van der Waals surface area contributed by atoms with Gasteiger partial charge < -0.3 is 30.9 Å². The van der Waals surface area contributed by atoms with Gasteiger partial charge in [-0.25, -0.2) is 4.79 Å². The van der Waals surface area contributed by atoms with Gasteiger partial charge in [0.05, 0.1) is 6.04 Å². The van der Waals surface area contributed by atoms with Crippen LogP contribution in [0.1, 0.15) is 92.9 Å². The smallest absolute Gasteiger partial charge is 0.410 e. The maximum Gasteiger partial charge on any atom is 0.413 e. The Morgan fingerprint density at radius 2 is 1.62 bits per heavy atom. The first-order valence-electron chi connectivity index (χ1n) is 18.9. The van der Waals surface area contributed by atoms with Gasteiger partial charge in [-0.05, 0) is 65.4 Å². The number of carbonyl (C=O) groups is 6. The van der Waals surface area contributed by atoms with E-state index in [1.165, 1.54) is 6.08 Å². The fourth-order valence-corrected chi connectivity index (χ4v) is 8.39. The maximum atomic E-state index is 14.7. The third-order valence-electron chi connectivity index (χ3n) is 11.9. The van der Waals surface area contributed by atoms with Crippen molar-refractivity contribution in [2.45, 2.75) is 117 Å². The van der Waals surface area contributed by atoms with E-state index >= 15 is 0 Å². The first kappa shape index (κ1) is 39.0. The highest BCUT2D eigenvalue weighted by Crippen LogP contribution is 2.65. The largest absolute Gasteiger partial charge is 0.413 e. The topological polar surface area (TPSA) is 163 Å². The second kappa shape index (κ2) is 15.4. The molecule has 12 heteroatoms. The van der Waals surface area contributed by atoms with Crippen LogP contribution in [-0.4, -0.2) is 77.7 Å². The third-order valence-corrected chi connectivity index (χ3v) is 11.9.